The molecule has 1 aliphatic carbocycles. The molecule has 104 valence electrons. The fourth-order valence-corrected chi connectivity index (χ4v) is 4.40. The van der Waals surface area contributed by atoms with Crippen LogP contribution in [0.5, 0.6) is 0 Å². The fourth-order valence-electron chi connectivity index (χ4n) is 4.40. The molecule has 0 aromatic carbocycles. The second-order valence-corrected chi connectivity index (χ2v) is 7.73. The first kappa shape index (κ1) is 14.1. The molecule has 1 aliphatic heterocycles. The van der Waals surface area contributed by atoms with Gasteiger partial charge in [-0.1, -0.05) is 47.6 Å². The fraction of sp³-hybridized carbons (Fsp3) is 0.875. The van der Waals surface area contributed by atoms with E-state index in [-0.39, 0.29) is 16.2 Å². The average molecular weight is 252 g/mol. The highest BCUT2D eigenvalue weighted by Gasteiger charge is 2.70. The molecule has 2 heteroatoms. The standard InChI is InChI=1S/C16H28O2/c1-8-12-15(13(2,3)4,14(5,6)7)11-16(12)17-9-10-18-16/h8H,9-11H2,1-7H3/b12-8-. The number of rotatable bonds is 0. The lowest BCUT2D eigenvalue weighted by atomic mass is 9.40. The first-order valence-electron chi connectivity index (χ1n) is 7.06. The summed E-state index contributed by atoms with van der Waals surface area (Å²) in [5, 5.41) is 0. The molecule has 2 nitrogen and oxygen atoms in total. The van der Waals surface area contributed by atoms with Crippen LogP contribution in [0.3, 0.4) is 0 Å². The SMILES string of the molecule is C/C=C1\C2(CC1(C(C)(C)C)C(C)(C)C)OCCO2. The molecule has 0 unspecified atom stereocenters. The number of hydrogen-bond donors (Lipinski definition) is 0. The third-order valence-electron chi connectivity index (χ3n) is 4.97. The Hall–Kier alpha value is -0.340. The molecule has 0 aromatic rings. The van der Waals surface area contributed by atoms with Gasteiger partial charge in [-0.05, 0) is 23.3 Å². The number of hydrogen-bond acceptors (Lipinski definition) is 2. The van der Waals surface area contributed by atoms with E-state index in [2.05, 4.69) is 54.5 Å². The maximum atomic E-state index is 5.94. The average Bonchev–Trinajstić information content (AvgIpc) is 2.60. The highest BCUT2D eigenvalue weighted by Crippen LogP contribution is 2.71. The topological polar surface area (TPSA) is 18.5 Å². The molecule has 2 rings (SSSR count). The maximum Gasteiger partial charge on any atom is 0.192 e. The largest absolute Gasteiger partial charge is 0.344 e. The Kier molecular flexibility index (Phi) is 3.00. The monoisotopic (exact) mass is 252 g/mol. The Bertz CT molecular complexity index is 346. The summed E-state index contributed by atoms with van der Waals surface area (Å²) < 4.78 is 11.9. The van der Waals surface area contributed by atoms with E-state index in [0.29, 0.717) is 0 Å². The molecule has 1 heterocycles. The van der Waals surface area contributed by atoms with Gasteiger partial charge in [0.25, 0.3) is 0 Å². The van der Waals surface area contributed by atoms with Gasteiger partial charge in [-0.25, -0.2) is 0 Å². The molecule has 2 fully saturated rings. The van der Waals surface area contributed by atoms with E-state index >= 15 is 0 Å². The molecule has 18 heavy (non-hydrogen) atoms. The normalized spacial score (nSPS) is 28.7. The molecular formula is C16H28O2. The van der Waals surface area contributed by atoms with Gasteiger partial charge in [0.05, 0.1) is 13.2 Å². The zero-order chi connectivity index (χ0) is 13.8. The third kappa shape index (κ3) is 1.55. The van der Waals surface area contributed by atoms with Crippen LogP contribution in [0.1, 0.15) is 54.9 Å². The van der Waals surface area contributed by atoms with Gasteiger partial charge in [0.2, 0.25) is 0 Å². The van der Waals surface area contributed by atoms with Crippen LogP contribution in [0.25, 0.3) is 0 Å². The molecule has 0 bridgehead atoms. The lowest BCUT2D eigenvalue weighted by molar-refractivity contribution is -0.253. The Balaban J connectivity index is 2.48. The van der Waals surface area contributed by atoms with E-state index in [9.17, 15) is 0 Å². The Morgan fingerprint density at radius 3 is 1.72 bits per heavy atom. The summed E-state index contributed by atoms with van der Waals surface area (Å²) in [6.07, 6.45) is 3.21. The highest BCUT2D eigenvalue weighted by atomic mass is 16.7. The summed E-state index contributed by atoms with van der Waals surface area (Å²) in [5.74, 6) is -0.407. The summed E-state index contributed by atoms with van der Waals surface area (Å²) >= 11 is 0. The summed E-state index contributed by atoms with van der Waals surface area (Å²) in [4.78, 5) is 0. The summed E-state index contributed by atoms with van der Waals surface area (Å²) in [7, 11) is 0. The van der Waals surface area contributed by atoms with Crippen molar-refractivity contribution in [2.45, 2.75) is 60.7 Å². The van der Waals surface area contributed by atoms with E-state index in [1.54, 1.807) is 0 Å². The van der Waals surface area contributed by atoms with Crippen molar-refractivity contribution in [2.75, 3.05) is 13.2 Å². The van der Waals surface area contributed by atoms with Crippen LogP contribution in [0.4, 0.5) is 0 Å². The van der Waals surface area contributed by atoms with Gasteiger partial charge in [0.1, 0.15) is 0 Å². The zero-order valence-corrected chi connectivity index (χ0v) is 13.0. The second kappa shape index (κ2) is 3.83. The van der Waals surface area contributed by atoms with Crippen molar-refractivity contribution < 1.29 is 9.47 Å². The quantitative estimate of drug-likeness (QED) is 0.603. The second-order valence-electron chi connectivity index (χ2n) is 7.73. The zero-order valence-electron chi connectivity index (χ0n) is 13.0. The lowest BCUT2D eigenvalue weighted by Crippen LogP contribution is -2.65. The minimum absolute atomic E-state index is 0.152. The first-order valence-corrected chi connectivity index (χ1v) is 7.06. The van der Waals surface area contributed by atoms with Gasteiger partial charge in [0.15, 0.2) is 5.79 Å². The van der Waals surface area contributed by atoms with Gasteiger partial charge in [0, 0.05) is 11.8 Å². The van der Waals surface area contributed by atoms with Crippen molar-refractivity contribution in [3.63, 3.8) is 0 Å². The van der Waals surface area contributed by atoms with Crippen LogP contribution in [-0.2, 0) is 9.47 Å². The summed E-state index contributed by atoms with van der Waals surface area (Å²) in [6.45, 7) is 17.6. The molecule has 1 saturated carbocycles. The van der Waals surface area contributed by atoms with Gasteiger partial charge in [-0.15, -0.1) is 0 Å². The van der Waals surface area contributed by atoms with Crippen molar-refractivity contribution >= 4 is 0 Å². The Morgan fingerprint density at radius 1 is 0.944 bits per heavy atom. The predicted molar refractivity (Wildman–Crippen MR) is 74.4 cm³/mol. The van der Waals surface area contributed by atoms with Crippen LogP contribution >= 0.6 is 0 Å². The van der Waals surface area contributed by atoms with Gasteiger partial charge in [-0.3, -0.25) is 0 Å². The Morgan fingerprint density at radius 2 is 1.39 bits per heavy atom. The van der Waals surface area contributed by atoms with Crippen molar-refractivity contribution in [2.24, 2.45) is 16.2 Å². The van der Waals surface area contributed by atoms with Crippen molar-refractivity contribution in [1.82, 2.24) is 0 Å². The summed E-state index contributed by atoms with van der Waals surface area (Å²) in [6, 6.07) is 0. The van der Waals surface area contributed by atoms with Crippen LogP contribution in [0.15, 0.2) is 11.6 Å². The minimum Gasteiger partial charge on any atom is -0.344 e. The van der Waals surface area contributed by atoms with Crippen molar-refractivity contribution in [1.29, 1.82) is 0 Å². The predicted octanol–water partition coefficient (Wildman–Crippen LogP) is 4.16. The maximum absolute atomic E-state index is 5.94. The van der Waals surface area contributed by atoms with E-state index < -0.39 is 5.79 Å². The summed E-state index contributed by atoms with van der Waals surface area (Å²) in [5.41, 5.74) is 1.91. The van der Waals surface area contributed by atoms with Gasteiger partial charge in [-0.2, -0.15) is 0 Å². The third-order valence-corrected chi connectivity index (χ3v) is 4.97. The molecule has 1 spiro atoms. The molecule has 2 aliphatic rings. The first-order chi connectivity index (χ1) is 8.11. The van der Waals surface area contributed by atoms with Crippen LogP contribution in [-0.4, -0.2) is 19.0 Å². The molecule has 0 N–H and O–H groups in total. The van der Waals surface area contributed by atoms with Crippen LogP contribution in [0, 0.1) is 16.2 Å². The number of allylic oxidation sites excluding steroid dienone is 1. The van der Waals surface area contributed by atoms with Gasteiger partial charge >= 0.3 is 0 Å². The Labute approximate surface area is 112 Å². The van der Waals surface area contributed by atoms with E-state index in [1.165, 1.54) is 5.57 Å². The molecular weight excluding hydrogens is 224 g/mol. The van der Waals surface area contributed by atoms with E-state index in [0.717, 1.165) is 19.6 Å². The molecule has 0 amide bonds. The number of ether oxygens (including phenoxy) is 2. The van der Waals surface area contributed by atoms with E-state index in [1.807, 2.05) is 0 Å². The van der Waals surface area contributed by atoms with E-state index in [4.69, 9.17) is 9.47 Å². The van der Waals surface area contributed by atoms with Gasteiger partial charge < -0.3 is 9.47 Å². The van der Waals surface area contributed by atoms with Crippen LogP contribution in [0.2, 0.25) is 0 Å². The lowest BCUT2D eigenvalue weighted by Gasteiger charge is -2.67. The molecule has 0 radical (unpaired) electrons. The smallest absolute Gasteiger partial charge is 0.192 e. The van der Waals surface area contributed by atoms with Crippen LogP contribution < -0.4 is 0 Å². The minimum atomic E-state index is -0.407. The molecule has 0 atom stereocenters. The van der Waals surface area contributed by atoms with Crippen molar-refractivity contribution in [3.05, 3.63) is 11.6 Å². The molecule has 0 aromatic heterocycles. The molecule has 1 saturated heterocycles. The highest BCUT2D eigenvalue weighted by molar-refractivity contribution is 5.39. The van der Waals surface area contributed by atoms with Crippen molar-refractivity contribution in [3.8, 4) is 0 Å².